The van der Waals surface area contributed by atoms with Gasteiger partial charge in [0, 0.05) is 24.0 Å². The van der Waals surface area contributed by atoms with Gasteiger partial charge in [0.2, 0.25) is 0 Å². The van der Waals surface area contributed by atoms with Crippen molar-refractivity contribution in [2.24, 2.45) is 0 Å². The predicted octanol–water partition coefficient (Wildman–Crippen LogP) is 0.346. The Hall–Kier alpha value is -1.95. The van der Waals surface area contributed by atoms with Crippen molar-refractivity contribution in [1.82, 2.24) is 10.3 Å². The van der Waals surface area contributed by atoms with Gasteiger partial charge in [0.15, 0.2) is 0 Å². The molecule has 3 N–H and O–H groups in total. The summed E-state index contributed by atoms with van der Waals surface area (Å²) in [6, 6.07) is 3.16. The van der Waals surface area contributed by atoms with Crippen LogP contribution in [0.4, 0.5) is 0 Å². The number of hydrogen-bond donors (Lipinski definition) is 3. The number of carbonyl (C=O) groups excluding carboxylic acids is 1. The zero-order valence-corrected chi connectivity index (χ0v) is 10.3. The number of aryl methyl sites for hydroxylation is 1. The molecule has 6 nitrogen and oxygen atoms in total. The predicted molar refractivity (Wildman–Crippen MR) is 64.2 cm³/mol. The molecule has 0 aliphatic heterocycles. The molecule has 0 aliphatic rings. The number of carboxylic acid groups (broad SMARTS) is 1. The largest absolute Gasteiger partial charge is 0.481 e. The number of hydrogen-bond acceptors (Lipinski definition) is 4. The molecule has 98 valence electrons. The van der Waals surface area contributed by atoms with Gasteiger partial charge in [-0.2, -0.15) is 0 Å². The Labute approximate surface area is 105 Å². The number of aromatic nitrogens is 1. The fourth-order valence-electron chi connectivity index (χ4n) is 1.45. The third kappa shape index (κ3) is 4.50. The van der Waals surface area contributed by atoms with Gasteiger partial charge in [0.1, 0.15) is 0 Å². The number of aliphatic carboxylic acids is 1. The molecule has 0 bridgehead atoms. The van der Waals surface area contributed by atoms with E-state index in [-0.39, 0.29) is 12.5 Å². The van der Waals surface area contributed by atoms with Gasteiger partial charge in [0.05, 0.1) is 12.0 Å². The minimum atomic E-state index is -1.47. The molecule has 0 radical (unpaired) electrons. The van der Waals surface area contributed by atoms with Gasteiger partial charge in [-0.05, 0) is 26.0 Å². The summed E-state index contributed by atoms with van der Waals surface area (Å²) >= 11 is 0. The van der Waals surface area contributed by atoms with E-state index in [1.165, 1.54) is 13.1 Å². The summed E-state index contributed by atoms with van der Waals surface area (Å²) in [6.07, 6.45) is 1.09. The molecule has 0 aliphatic carbocycles. The standard InChI is InChI=1S/C12H16N2O4/c1-8-5-9(3-4-13-8)11(17)14-7-12(2,18)6-10(15)16/h3-5,18H,6-7H2,1-2H3,(H,14,17)(H,15,16). The number of rotatable bonds is 5. The average molecular weight is 252 g/mol. The van der Waals surface area contributed by atoms with Crippen LogP contribution in [0.3, 0.4) is 0 Å². The van der Waals surface area contributed by atoms with Crippen LogP contribution in [-0.2, 0) is 4.79 Å². The van der Waals surface area contributed by atoms with E-state index in [0.717, 1.165) is 0 Å². The monoisotopic (exact) mass is 252 g/mol. The first-order valence-electron chi connectivity index (χ1n) is 5.45. The molecule has 0 aromatic carbocycles. The maximum Gasteiger partial charge on any atom is 0.306 e. The van der Waals surface area contributed by atoms with Gasteiger partial charge in [-0.3, -0.25) is 14.6 Å². The van der Waals surface area contributed by atoms with Crippen molar-refractivity contribution < 1.29 is 19.8 Å². The van der Waals surface area contributed by atoms with E-state index in [9.17, 15) is 14.7 Å². The maximum absolute atomic E-state index is 11.7. The highest BCUT2D eigenvalue weighted by Crippen LogP contribution is 2.08. The first-order valence-corrected chi connectivity index (χ1v) is 5.45. The van der Waals surface area contributed by atoms with Gasteiger partial charge >= 0.3 is 5.97 Å². The van der Waals surface area contributed by atoms with Crippen molar-refractivity contribution in [3.63, 3.8) is 0 Å². The molecule has 0 saturated heterocycles. The molecule has 1 rings (SSSR count). The van der Waals surface area contributed by atoms with Crippen molar-refractivity contribution in [2.75, 3.05) is 6.54 Å². The molecule has 18 heavy (non-hydrogen) atoms. The lowest BCUT2D eigenvalue weighted by Gasteiger charge is -2.21. The van der Waals surface area contributed by atoms with Crippen molar-refractivity contribution in [2.45, 2.75) is 25.9 Å². The van der Waals surface area contributed by atoms with Crippen LogP contribution >= 0.6 is 0 Å². The molecule has 6 heteroatoms. The van der Waals surface area contributed by atoms with E-state index in [0.29, 0.717) is 11.3 Å². The Morgan fingerprint density at radius 2 is 2.17 bits per heavy atom. The molecule has 1 atom stereocenters. The second-order valence-corrected chi connectivity index (χ2v) is 4.44. The molecule has 0 spiro atoms. The summed E-state index contributed by atoms with van der Waals surface area (Å²) in [5.41, 5.74) is -0.336. The smallest absolute Gasteiger partial charge is 0.306 e. The Balaban J connectivity index is 2.58. The second-order valence-electron chi connectivity index (χ2n) is 4.44. The maximum atomic E-state index is 11.7. The van der Waals surface area contributed by atoms with Gasteiger partial charge in [-0.25, -0.2) is 0 Å². The Bertz CT molecular complexity index is 457. The van der Waals surface area contributed by atoms with Crippen molar-refractivity contribution in [3.8, 4) is 0 Å². The van der Waals surface area contributed by atoms with E-state index >= 15 is 0 Å². The molecule has 1 amide bonds. The van der Waals surface area contributed by atoms with Crippen LogP contribution in [0.1, 0.15) is 29.4 Å². The van der Waals surface area contributed by atoms with Crippen LogP contribution in [-0.4, -0.2) is 39.2 Å². The van der Waals surface area contributed by atoms with E-state index < -0.39 is 18.0 Å². The Morgan fingerprint density at radius 1 is 1.50 bits per heavy atom. The van der Waals surface area contributed by atoms with E-state index in [4.69, 9.17) is 5.11 Å². The third-order valence-corrected chi connectivity index (χ3v) is 2.32. The molecule has 1 aromatic heterocycles. The highest BCUT2D eigenvalue weighted by Gasteiger charge is 2.24. The van der Waals surface area contributed by atoms with E-state index in [2.05, 4.69) is 10.3 Å². The fourth-order valence-corrected chi connectivity index (χ4v) is 1.45. The average Bonchev–Trinajstić information content (AvgIpc) is 2.24. The van der Waals surface area contributed by atoms with Crippen LogP contribution in [0.15, 0.2) is 18.3 Å². The number of nitrogens with zero attached hydrogens (tertiary/aromatic N) is 1. The lowest BCUT2D eigenvalue weighted by molar-refractivity contribution is -0.141. The molecule has 1 unspecified atom stereocenters. The fraction of sp³-hybridized carbons (Fsp3) is 0.417. The first-order chi connectivity index (χ1) is 8.30. The summed E-state index contributed by atoms with van der Waals surface area (Å²) in [7, 11) is 0. The van der Waals surface area contributed by atoms with Crippen molar-refractivity contribution in [3.05, 3.63) is 29.6 Å². The molecule has 1 heterocycles. The second kappa shape index (κ2) is 5.59. The molecule has 0 fully saturated rings. The Morgan fingerprint density at radius 3 is 2.72 bits per heavy atom. The summed E-state index contributed by atoms with van der Waals surface area (Å²) in [5, 5.41) is 20.8. The number of carboxylic acids is 1. The summed E-state index contributed by atoms with van der Waals surface area (Å²) < 4.78 is 0. The van der Waals surface area contributed by atoms with Gasteiger partial charge in [0.25, 0.3) is 5.91 Å². The number of aliphatic hydroxyl groups is 1. The summed E-state index contributed by atoms with van der Waals surface area (Å²) in [5.74, 6) is -1.49. The Kier molecular flexibility index (Phi) is 4.38. The number of amides is 1. The topological polar surface area (TPSA) is 99.5 Å². The minimum absolute atomic E-state index is 0.125. The van der Waals surface area contributed by atoms with Gasteiger partial charge < -0.3 is 15.5 Å². The number of pyridine rings is 1. The van der Waals surface area contributed by atoms with Crippen LogP contribution in [0.2, 0.25) is 0 Å². The van der Waals surface area contributed by atoms with Crippen molar-refractivity contribution in [1.29, 1.82) is 0 Å². The zero-order valence-electron chi connectivity index (χ0n) is 10.3. The normalized spacial score (nSPS) is 13.7. The van der Waals surface area contributed by atoms with Crippen LogP contribution in [0.5, 0.6) is 0 Å². The molecule has 0 saturated carbocycles. The molecular weight excluding hydrogens is 236 g/mol. The number of nitrogens with one attached hydrogen (secondary N) is 1. The van der Waals surface area contributed by atoms with Crippen molar-refractivity contribution >= 4 is 11.9 Å². The summed E-state index contributed by atoms with van der Waals surface area (Å²) in [4.78, 5) is 26.2. The third-order valence-electron chi connectivity index (χ3n) is 2.32. The lowest BCUT2D eigenvalue weighted by atomic mass is 10.0. The summed E-state index contributed by atoms with van der Waals surface area (Å²) in [6.45, 7) is 3.00. The SMILES string of the molecule is Cc1cc(C(=O)NCC(C)(O)CC(=O)O)ccn1. The van der Waals surface area contributed by atoms with E-state index in [1.807, 2.05) is 0 Å². The highest BCUT2D eigenvalue weighted by atomic mass is 16.4. The lowest BCUT2D eigenvalue weighted by Crippen LogP contribution is -2.42. The number of carbonyl (C=O) groups is 2. The van der Waals surface area contributed by atoms with Crippen LogP contribution in [0, 0.1) is 6.92 Å². The van der Waals surface area contributed by atoms with Gasteiger partial charge in [-0.1, -0.05) is 0 Å². The van der Waals surface area contributed by atoms with Crippen LogP contribution < -0.4 is 5.32 Å². The van der Waals surface area contributed by atoms with Crippen LogP contribution in [0.25, 0.3) is 0 Å². The quantitative estimate of drug-likeness (QED) is 0.702. The highest BCUT2D eigenvalue weighted by molar-refractivity contribution is 5.94. The van der Waals surface area contributed by atoms with Gasteiger partial charge in [-0.15, -0.1) is 0 Å². The zero-order chi connectivity index (χ0) is 13.8. The molecule has 1 aromatic rings. The minimum Gasteiger partial charge on any atom is -0.481 e. The first kappa shape index (κ1) is 14.1. The molecular formula is C12H16N2O4. The van der Waals surface area contributed by atoms with E-state index in [1.54, 1.807) is 19.1 Å².